The van der Waals surface area contributed by atoms with E-state index in [1.165, 1.54) is 13.2 Å². The molecule has 0 amide bonds. The third-order valence-corrected chi connectivity index (χ3v) is 3.68. The summed E-state index contributed by atoms with van der Waals surface area (Å²) >= 11 is 17.9. The van der Waals surface area contributed by atoms with Crippen LogP contribution in [0.25, 0.3) is 0 Å². The zero-order valence-electron chi connectivity index (χ0n) is 12.1. The zero-order chi connectivity index (χ0) is 16.8. The molecule has 0 N–H and O–H groups in total. The fourth-order valence-electron chi connectivity index (χ4n) is 1.84. The van der Waals surface area contributed by atoms with E-state index in [-0.39, 0.29) is 18.2 Å². The highest BCUT2D eigenvalue weighted by atomic mass is 35.5. The van der Waals surface area contributed by atoms with Gasteiger partial charge in [-0.15, -0.1) is 0 Å². The van der Waals surface area contributed by atoms with Gasteiger partial charge in [-0.05, 0) is 30.3 Å². The molecular formula is C16H13Cl3O4. The number of aldehydes is 1. The third kappa shape index (κ3) is 4.67. The van der Waals surface area contributed by atoms with E-state index in [2.05, 4.69) is 0 Å². The van der Waals surface area contributed by atoms with Crippen LogP contribution in [0.5, 0.6) is 17.2 Å². The van der Waals surface area contributed by atoms with Gasteiger partial charge < -0.3 is 14.2 Å². The molecule has 0 aliphatic heterocycles. The lowest BCUT2D eigenvalue weighted by Gasteiger charge is -2.14. The molecule has 0 unspecified atom stereocenters. The molecule has 0 aliphatic rings. The van der Waals surface area contributed by atoms with Crippen molar-refractivity contribution in [1.82, 2.24) is 0 Å². The Kier molecular flexibility index (Phi) is 6.39. The predicted molar refractivity (Wildman–Crippen MR) is 90.8 cm³/mol. The SMILES string of the molecule is COc1cc(C=O)cc(Cl)c1OCCOc1ccc(Cl)cc1Cl. The second kappa shape index (κ2) is 8.29. The van der Waals surface area contributed by atoms with Crippen LogP contribution < -0.4 is 14.2 Å². The molecule has 0 atom stereocenters. The average Bonchev–Trinajstić information content (AvgIpc) is 2.53. The summed E-state index contributed by atoms with van der Waals surface area (Å²) in [5.74, 6) is 1.24. The quantitative estimate of drug-likeness (QED) is 0.508. The Labute approximate surface area is 148 Å². The molecular weight excluding hydrogens is 363 g/mol. The highest BCUT2D eigenvalue weighted by Crippen LogP contribution is 2.36. The monoisotopic (exact) mass is 374 g/mol. The molecule has 0 spiro atoms. The molecule has 2 aromatic carbocycles. The average molecular weight is 376 g/mol. The van der Waals surface area contributed by atoms with Crippen LogP contribution in [0.15, 0.2) is 30.3 Å². The number of carbonyl (C=O) groups excluding carboxylic acids is 1. The zero-order valence-corrected chi connectivity index (χ0v) is 14.4. The van der Waals surface area contributed by atoms with Gasteiger partial charge in [0.05, 0.1) is 17.2 Å². The van der Waals surface area contributed by atoms with Crippen LogP contribution in [0.1, 0.15) is 10.4 Å². The number of carbonyl (C=O) groups is 1. The van der Waals surface area contributed by atoms with Gasteiger partial charge in [0.25, 0.3) is 0 Å². The number of rotatable bonds is 7. The minimum absolute atomic E-state index is 0.218. The van der Waals surface area contributed by atoms with Crippen molar-refractivity contribution < 1.29 is 19.0 Å². The number of hydrogen-bond donors (Lipinski definition) is 0. The van der Waals surface area contributed by atoms with E-state index >= 15 is 0 Å². The number of hydrogen-bond acceptors (Lipinski definition) is 4. The molecule has 0 saturated carbocycles. The van der Waals surface area contributed by atoms with E-state index in [1.54, 1.807) is 24.3 Å². The summed E-state index contributed by atoms with van der Waals surface area (Å²) in [4.78, 5) is 10.8. The summed E-state index contributed by atoms with van der Waals surface area (Å²) in [7, 11) is 1.47. The highest BCUT2D eigenvalue weighted by molar-refractivity contribution is 6.35. The van der Waals surface area contributed by atoms with Crippen molar-refractivity contribution in [3.05, 3.63) is 51.0 Å². The first-order chi connectivity index (χ1) is 11.0. The molecule has 2 aromatic rings. The van der Waals surface area contributed by atoms with Crippen molar-refractivity contribution in [3.8, 4) is 17.2 Å². The van der Waals surface area contributed by atoms with Gasteiger partial charge in [0, 0.05) is 10.6 Å². The molecule has 4 nitrogen and oxygen atoms in total. The maximum Gasteiger partial charge on any atom is 0.179 e. The topological polar surface area (TPSA) is 44.8 Å². The van der Waals surface area contributed by atoms with E-state index in [9.17, 15) is 4.79 Å². The van der Waals surface area contributed by atoms with Gasteiger partial charge in [-0.25, -0.2) is 0 Å². The summed E-state index contributed by atoms with van der Waals surface area (Å²) < 4.78 is 16.3. The number of benzene rings is 2. The first-order valence-corrected chi connectivity index (χ1v) is 7.72. The van der Waals surface area contributed by atoms with Crippen molar-refractivity contribution in [1.29, 1.82) is 0 Å². The minimum Gasteiger partial charge on any atom is -0.493 e. The van der Waals surface area contributed by atoms with Crippen LogP contribution >= 0.6 is 34.8 Å². The summed E-state index contributed by atoms with van der Waals surface area (Å²) in [5.41, 5.74) is 0.406. The van der Waals surface area contributed by atoms with E-state index in [1.807, 2.05) is 0 Å². The largest absolute Gasteiger partial charge is 0.493 e. The van der Waals surface area contributed by atoms with Crippen molar-refractivity contribution in [2.45, 2.75) is 0 Å². The number of halogens is 3. The van der Waals surface area contributed by atoms with Crippen LogP contribution in [0.4, 0.5) is 0 Å². The summed E-state index contributed by atoms with van der Waals surface area (Å²) in [5, 5.41) is 1.24. The molecule has 0 aliphatic carbocycles. The first kappa shape index (κ1) is 17.7. The fraction of sp³-hybridized carbons (Fsp3) is 0.188. The maximum atomic E-state index is 10.8. The summed E-state index contributed by atoms with van der Waals surface area (Å²) in [6.45, 7) is 0.464. The fourth-order valence-corrected chi connectivity index (χ4v) is 2.57. The first-order valence-electron chi connectivity index (χ1n) is 6.58. The maximum absolute atomic E-state index is 10.8. The van der Waals surface area contributed by atoms with E-state index < -0.39 is 0 Å². The molecule has 23 heavy (non-hydrogen) atoms. The molecule has 122 valence electrons. The lowest BCUT2D eigenvalue weighted by molar-refractivity contribution is 0.112. The van der Waals surface area contributed by atoms with Crippen LogP contribution in [0, 0.1) is 0 Å². The van der Waals surface area contributed by atoms with E-state index in [0.717, 1.165) is 0 Å². The molecule has 2 rings (SSSR count). The van der Waals surface area contributed by atoms with Crippen LogP contribution in [0.2, 0.25) is 15.1 Å². The molecule has 7 heteroatoms. The highest BCUT2D eigenvalue weighted by Gasteiger charge is 2.12. The van der Waals surface area contributed by atoms with Crippen LogP contribution in [0.3, 0.4) is 0 Å². The lowest BCUT2D eigenvalue weighted by Crippen LogP contribution is -2.10. The van der Waals surface area contributed by atoms with Crippen molar-refractivity contribution in [3.63, 3.8) is 0 Å². The minimum atomic E-state index is 0.218. The van der Waals surface area contributed by atoms with Crippen molar-refractivity contribution in [2.75, 3.05) is 20.3 Å². The van der Waals surface area contributed by atoms with Crippen molar-refractivity contribution in [2.24, 2.45) is 0 Å². The Hall–Kier alpha value is -1.62. The normalized spacial score (nSPS) is 10.3. The predicted octanol–water partition coefficient (Wildman–Crippen LogP) is 4.93. The van der Waals surface area contributed by atoms with Crippen LogP contribution in [-0.2, 0) is 0 Å². The van der Waals surface area contributed by atoms with Gasteiger partial charge in [-0.2, -0.15) is 0 Å². The molecule has 0 heterocycles. The Morgan fingerprint density at radius 1 is 0.957 bits per heavy atom. The standard InChI is InChI=1S/C16H13Cl3O4/c1-21-15-7-10(9-20)6-13(19)16(15)23-5-4-22-14-3-2-11(17)8-12(14)18/h2-3,6-9H,4-5H2,1H3. The third-order valence-electron chi connectivity index (χ3n) is 2.87. The second-order valence-electron chi connectivity index (χ2n) is 4.42. The summed E-state index contributed by atoms with van der Waals surface area (Å²) in [6, 6.07) is 8.00. The molecule has 0 saturated heterocycles. The van der Waals surface area contributed by atoms with Gasteiger partial charge in [-0.3, -0.25) is 4.79 Å². The van der Waals surface area contributed by atoms with Gasteiger partial charge in [0.15, 0.2) is 11.5 Å². The lowest BCUT2D eigenvalue weighted by atomic mass is 10.2. The van der Waals surface area contributed by atoms with Gasteiger partial charge in [0.2, 0.25) is 0 Å². The number of methoxy groups -OCH3 is 1. The van der Waals surface area contributed by atoms with Gasteiger partial charge in [-0.1, -0.05) is 34.8 Å². The molecule has 0 radical (unpaired) electrons. The molecule has 0 aromatic heterocycles. The van der Waals surface area contributed by atoms with E-state index in [0.29, 0.717) is 39.1 Å². The van der Waals surface area contributed by atoms with Crippen molar-refractivity contribution >= 4 is 41.1 Å². The summed E-state index contributed by atoms with van der Waals surface area (Å²) in [6.07, 6.45) is 0.684. The van der Waals surface area contributed by atoms with Gasteiger partial charge >= 0.3 is 0 Å². The van der Waals surface area contributed by atoms with Crippen LogP contribution in [-0.4, -0.2) is 26.6 Å². The Morgan fingerprint density at radius 2 is 1.70 bits per heavy atom. The molecule has 0 fully saturated rings. The Morgan fingerprint density at radius 3 is 2.35 bits per heavy atom. The second-order valence-corrected chi connectivity index (χ2v) is 5.67. The Balaban J connectivity index is 1.97. The number of ether oxygens (including phenoxy) is 3. The smallest absolute Gasteiger partial charge is 0.179 e. The Bertz CT molecular complexity index is 704. The van der Waals surface area contributed by atoms with Gasteiger partial charge in [0.1, 0.15) is 25.2 Å². The van der Waals surface area contributed by atoms with E-state index in [4.69, 9.17) is 49.0 Å². The molecule has 0 bridgehead atoms.